The molecule has 9 heteroatoms. The Bertz CT molecular complexity index is 1240. The van der Waals surface area contributed by atoms with Crippen LogP contribution in [0.15, 0.2) is 54.7 Å². The number of nitrogen functional groups attached to an aromatic ring is 1. The third-order valence-corrected chi connectivity index (χ3v) is 5.99. The predicted molar refractivity (Wildman–Crippen MR) is 131 cm³/mol. The van der Waals surface area contributed by atoms with Crippen LogP contribution in [0.2, 0.25) is 0 Å². The molecule has 0 spiro atoms. The fourth-order valence-corrected chi connectivity index (χ4v) is 4.36. The van der Waals surface area contributed by atoms with Gasteiger partial charge in [0.25, 0.3) is 5.91 Å². The number of carboxylic acid groups (broad SMARTS) is 1. The van der Waals surface area contributed by atoms with Gasteiger partial charge in [0, 0.05) is 36.1 Å². The Hall–Kier alpha value is -4.14. The van der Waals surface area contributed by atoms with Crippen LogP contribution in [0.1, 0.15) is 54.0 Å². The van der Waals surface area contributed by atoms with Crippen LogP contribution in [0.4, 0.5) is 22.1 Å². The molecule has 2 heterocycles. The van der Waals surface area contributed by atoms with E-state index in [-0.39, 0.29) is 29.9 Å². The maximum absolute atomic E-state index is 13.2. The van der Waals surface area contributed by atoms with E-state index in [1.54, 1.807) is 24.4 Å². The molecule has 0 radical (unpaired) electrons. The summed E-state index contributed by atoms with van der Waals surface area (Å²) in [5, 5.41) is 15.8. The molecule has 0 bridgehead atoms. The average Bonchev–Trinajstić information content (AvgIpc) is 2.78. The van der Waals surface area contributed by atoms with Gasteiger partial charge in [-0.05, 0) is 48.4 Å². The van der Waals surface area contributed by atoms with Gasteiger partial charge in [0.05, 0.1) is 17.3 Å². The van der Waals surface area contributed by atoms with Gasteiger partial charge in [0.15, 0.2) is 0 Å². The van der Waals surface area contributed by atoms with E-state index in [2.05, 4.69) is 20.6 Å². The molecule has 1 aliphatic rings. The number of nitrogens with two attached hydrogens (primary N) is 1. The summed E-state index contributed by atoms with van der Waals surface area (Å²) in [6, 6.07) is 14.5. The molecule has 1 atom stereocenters. The largest absolute Gasteiger partial charge is 0.465 e. The number of fused-ring (bicyclic) bond motifs is 1. The van der Waals surface area contributed by atoms with E-state index in [1.165, 1.54) is 4.90 Å². The Kier molecular flexibility index (Phi) is 6.10. The maximum atomic E-state index is 13.2. The third kappa shape index (κ3) is 4.78. The number of rotatable bonds is 5. The average molecular weight is 461 g/mol. The monoisotopic (exact) mass is 460 g/mol. The zero-order valence-electron chi connectivity index (χ0n) is 19.4. The number of amides is 2. The molecule has 0 fully saturated rings. The zero-order chi connectivity index (χ0) is 24.5. The van der Waals surface area contributed by atoms with Gasteiger partial charge < -0.3 is 26.4 Å². The minimum absolute atomic E-state index is 0.189. The number of aromatic nitrogens is 2. The van der Waals surface area contributed by atoms with Crippen molar-refractivity contribution in [3.63, 3.8) is 0 Å². The Labute approximate surface area is 198 Å². The summed E-state index contributed by atoms with van der Waals surface area (Å²) < 4.78 is 0. The van der Waals surface area contributed by atoms with Crippen molar-refractivity contribution in [2.75, 3.05) is 22.9 Å². The summed E-state index contributed by atoms with van der Waals surface area (Å²) in [6.45, 7) is 6.68. The van der Waals surface area contributed by atoms with Crippen LogP contribution in [0.25, 0.3) is 0 Å². The Morgan fingerprint density at radius 3 is 2.68 bits per heavy atom. The van der Waals surface area contributed by atoms with Crippen molar-refractivity contribution in [2.24, 2.45) is 0 Å². The predicted octanol–water partition coefficient (Wildman–Crippen LogP) is 4.26. The van der Waals surface area contributed by atoms with Gasteiger partial charge in [-0.1, -0.05) is 32.0 Å². The summed E-state index contributed by atoms with van der Waals surface area (Å²) >= 11 is 0. The maximum Gasteiger partial charge on any atom is 0.407 e. The number of carbonyl (C=O) groups excluding carboxylic acids is 1. The van der Waals surface area contributed by atoms with Crippen molar-refractivity contribution in [3.05, 3.63) is 77.1 Å². The van der Waals surface area contributed by atoms with Crippen LogP contribution in [0, 0.1) is 0 Å². The molecule has 176 valence electrons. The lowest BCUT2D eigenvalue weighted by Crippen LogP contribution is -2.44. The highest BCUT2D eigenvalue weighted by molar-refractivity contribution is 6.08. The normalized spacial score (nSPS) is 15.2. The van der Waals surface area contributed by atoms with Crippen molar-refractivity contribution in [1.82, 2.24) is 14.9 Å². The van der Waals surface area contributed by atoms with Crippen molar-refractivity contribution < 1.29 is 14.7 Å². The number of nitrogens with zero attached hydrogens (tertiary/aromatic N) is 3. The first-order valence-electron chi connectivity index (χ1n) is 11.0. The molecule has 0 saturated heterocycles. The van der Waals surface area contributed by atoms with Crippen molar-refractivity contribution in [2.45, 2.75) is 38.8 Å². The van der Waals surface area contributed by atoms with Gasteiger partial charge in [0.1, 0.15) is 0 Å². The molecular formula is C25H28N6O3. The van der Waals surface area contributed by atoms with Gasteiger partial charge in [0.2, 0.25) is 5.95 Å². The lowest BCUT2D eigenvalue weighted by atomic mass is 9.78. The summed E-state index contributed by atoms with van der Waals surface area (Å²) in [5.41, 5.74) is 9.80. The molecule has 5 N–H and O–H groups in total. The van der Waals surface area contributed by atoms with Gasteiger partial charge in [-0.25, -0.2) is 14.8 Å². The van der Waals surface area contributed by atoms with Crippen LogP contribution in [-0.4, -0.2) is 38.5 Å². The van der Waals surface area contributed by atoms with Crippen LogP contribution < -0.4 is 16.4 Å². The first-order chi connectivity index (χ1) is 16.1. The highest BCUT2D eigenvalue weighted by atomic mass is 16.4. The van der Waals surface area contributed by atoms with Crippen LogP contribution in [0.3, 0.4) is 0 Å². The SMILES string of the molecule is CC(Nc1ccccc1C(=O)Nc1ccc2c(c1)CN(C(=O)O)CC2(C)C)c1ccnc(N)n1. The lowest BCUT2D eigenvalue weighted by molar-refractivity contribution is 0.102. The first kappa shape index (κ1) is 23.0. The minimum Gasteiger partial charge on any atom is -0.465 e. The van der Waals surface area contributed by atoms with E-state index in [9.17, 15) is 14.7 Å². The van der Waals surface area contributed by atoms with Crippen LogP contribution >= 0.6 is 0 Å². The molecule has 2 aromatic carbocycles. The molecule has 9 nitrogen and oxygen atoms in total. The second-order valence-corrected chi connectivity index (χ2v) is 9.10. The van der Waals surface area contributed by atoms with E-state index in [0.29, 0.717) is 29.2 Å². The molecule has 4 rings (SSSR count). The zero-order valence-corrected chi connectivity index (χ0v) is 19.4. The van der Waals surface area contributed by atoms with E-state index >= 15 is 0 Å². The molecule has 0 aliphatic carbocycles. The number of carbonyl (C=O) groups is 2. The van der Waals surface area contributed by atoms with Crippen molar-refractivity contribution in [3.8, 4) is 0 Å². The summed E-state index contributed by atoms with van der Waals surface area (Å²) in [7, 11) is 0. The highest BCUT2D eigenvalue weighted by Crippen LogP contribution is 2.35. The highest BCUT2D eigenvalue weighted by Gasteiger charge is 2.34. The van der Waals surface area contributed by atoms with E-state index < -0.39 is 6.09 Å². The first-order valence-corrected chi connectivity index (χ1v) is 11.0. The molecule has 1 aromatic heterocycles. The number of nitrogens with one attached hydrogen (secondary N) is 2. The smallest absolute Gasteiger partial charge is 0.407 e. The van der Waals surface area contributed by atoms with Gasteiger partial charge in [-0.3, -0.25) is 4.79 Å². The third-order valence-electron chi connectivity index (χ3n) is 5.99. The van der Waals surface area contributed by atoms with Crippen molar-refractivity contribution >= 4 is 29.3 Å². The minimum atomic E-state index is -0.951. The Balaban J connectivity index is 1.55. The second-order valence-electron chi connectivity index (χ2n) is 9.10. The lowest BCUT2D eigenvalue weighted by Gasteiger charge is -2.38. The number of hydrogen-bond donors (Lipinski definition) is 4. The molecule has 2 amide bonds. The van der Waals surface area contributed by atoms with Gasteiger partial charge in [-0.2, -0.15) is 0 Å². The number of para-hydroxylation sites is 1. The quantitative estimate of drug-likeness (QED) is 0.447. The number of anilines is 3. The molecular weight excluding hydrogens is 432 g/mol. The van der Waals surface area contributed by atoms with Gasteiger partial charge >= 0.3 is 6.09 Å². The van der Waals surface area contributed by atoms with E-state index in [0.717, 1.165) is 11.1 Å². The molecule has 0 saturated carbocycles. The van der Waals surface area contributed by atoms with Gasteiger partial charge in [-0.15, -0.1) is 0 Å². The van der Waals surface area contributed by atoms with E-state index in [4.69, 9.17) is 5.73 Å². The fraction of sp³-hybridized carbons (Fsp3) is 0.280. The second kappa shape index (κ2) is 9.01. The summed E-state index contributed by atoms with van der Waals surface area (Å²) in [6.07, 6.45) is 0.643. The standard InChI is InChI=1S/C25H28N6O3/c1-15(20-10-11-27-23(26)30-20)28-21-7-5-4-6-18(21)22(32)29-17-8-9-19-16(12-17)13-31(24(33)34)14-25(19,2)3/h4-12,15,28H,13-14H2,1-3H3,(H,29,32)(H,33,34)(H2,26,27,30). The molecule has 1 aliphatic heterocycles. The summed E-state index contributed by atoms with van der Waals surface area (Å²) in [4.78, 5) is 34.3. The van der Waals surface area contributed by atoms with Crippen LogP contribution in [0.5, 0.6) is 0 Å². The molecule has 1 unspecified atom stereocenters. The fourth-order valence-electron chi connectivity index (χ4n) is 4.36. The molecule has 34 heavy (non-hydrogen) atoms. The topological polar surface area (TPSA) is 133 Å². The Morgan fingerprint density at radius 1 is 1.18 bits per heavy atom. The van der Waals surface area contributed by atoms with Crippen molar-refractivity contribution in [1.29, 1.82) is 0 Å². The number of benzene rings is 2. The summed E-state index contributed by atoms with van der Waals surface area (Å²) in [5.74, 6) is -0.0863. The number of hydrogen-bond acceptors (Lipinski definition) is 6. The Morgan fingerprint density at radius 2 is 1.94 bits per heavy atom. The van der Waals surface area contributed by atoms with Crippen LogP contribution in [-0.2, 0) is 12.0 Å². The van der Waals surface area contributed by atoms with E-state index in [1.807, 2.05) is 51.1 Å². The molecule has 3 aromatic rings.